The molecule has 1 aliphatic heterocycles. The summed E-state index contributed by atoms with van der Waals surface area (Å²) in [6, 6.07) is 12.8. The van der Waals surface area contributed by atoms with Crippen LogP contribution in [0, 0.1) is 0 Å². The Kier molecular flexibility index (Phi) is 9.12. The third kappa shape index (κ3) is 5.73. The van der Waals surface area contributed by atoms with E-state index < -0.39 is 12.0 Å². The van der Waals surface area contributed by atoms with Crippen molar-refractivity contribution < 1.29 is 19.0 Å². The van der Waals surface area contributed by atoms with Gasteiger partial charge in [-0.05, 0) is 61.1 Å². The number of methoxy groups -OCH3 is 2. The van der Waals surface area contributed by atoms with Crippen molar-refractivity contribution in [3.8, 4) is 11.5 Å². The Hall–Kier alpha value is -3.30. The van der Waals surface area contributed by atoms with Crippen molar-refractivity contribution in [2.75, 3.05) is 27.1 Å². The molecule has 0 aliphatic carbocycles. The van der Waals surface area contributed by atoms with Gasteiger partial charge in [-0.3, -0.25) is 9.36 Å². The lowest BCUT2D eigenvalue weighted by atomic mass is 9.96. The molecule has 4 rings (SSSR count). The highest BCUT2D eigenvalue weighted by atomic mass is 32.2. The highest BCUT2D eigenvalue weighted by Gasteiger charge is 2.33. The van der Waals surface area contributed by atoms with Crippen LogP contribution in [0.1, 0.15) is 50.3 Å². The number of thiazole rings is 1. The molecular formula is C29H32N2O5S2. The van der Waals surface area contributed by atoms with E-state index >= 15 is 0 Å². The first-order chi connectivity index (χ1) is 18.4. The van der Waals surface area contributed by atoms with Gasteiger partial charge in [-0.2, -0.15) is 0 Å². The molecule has 1 aromatic heterocycles. The third-order valence-electron chi connectivity index (χ3n) is 6.35. The summed E-state index contributed by atoms with van der Waals surface area (Å²) in [5, 5.41) is 0. The SMILES string of the molecule is CCCCCOc1ccc(C=c2sc3n(c2=O)C(c2ccc(SC)cc2)C(C(=O)OC)=C(C)N=3)cc1OC. The van der Waals surface area contributed by atoms with Crippen molar-refractivity contribution >= 4 is 35.1 Å². The van der Waals surface area contributed by atoms with E-state index in [0.717, 1.165) is 35.3 Å². The van der Waals surface area contributed by atoms with E-state index in [1.165, 1.54) is 18.4 Å². The lowest BCUT2D eigenvalue weighted by Crippen LogP contribution is -2.39. The summed E-state index contributed by atoms with van der Waals surface area (Å²) in [7, 11) is 2.94. The van der Waals surface area contributed by atoms with Crippen LogP contribution in [0.3, 0.4) is 0 Å². The molecule has 3 aromatic rings. The van der Waals surface area contributed by atoms with E-state index in [0.29, 0.717) is 38.7 Å². The van der Waals surface area contributed by atoms with Crippen LogP contribution in [0.15, 0.2) is 68.4 Å². The number of fused-ring (bicyclic) bond motifs is 1. The van der Waals surface area contributed by atoms with Crippen LogP contribution in [-0.2, 0) is 9.53 Å². The van der Waals surface area contributed by atoms with Crippen LogP contribution in [-0.4, -0.2) is 37.6 Å². The molecule has 0 spiro atoms. The van der Waals surface area contributed by atoms with Crippen LogP contribution in [0.2, 0.25) is 0 Å². The Bertz CT molecular complexity index is 1520. The molecule has 1 aliphatic rings. The van der Waals surface area contributed by atoms with Gasteiger partial charge in [0.15, 0.2) is 16.3 Å². The molecule has 9 heteroatoms. The van der Waals surface area contributed by atoms with Crippen molar-refractivity contribution in [1.82, 2.24) is 4.57 Å². The lowest BCUT2D eigenvalue weighted by Gasteiger charge is -2.24. The van der Waals surface area contributed by atoms with Gasteiger partial charge >= 0.3 is 5.97 Å². The van der Waals surface area contributed by atoms with Gasteiger partial charge in [-0.15, -0.1) is 11.8 Å². The number of ether oxygens (including phenoxy) is 3. The van der Waals surface area contributed by atoms with Crippen LogP contribution < -0.4 is 24.4 Å². The number of unbranched alkanes of at least 4 members (excludes halogenated alkanes) is 2. The number of carbonyl (C=O) groups is 1. The van der Waals surface area contributed by atoms with E-state index in [1.807, 2.05) is 54.8 Å². The molecule has 0 saturated heterocycles. The predicted molar refractivity (Wildman–Crippen MR) is 152 cm³/mol. The van der Waals surface area contributed by atoms with Crippen molar-refractivity contribution in [1.29, 1.82) is 0 Å². The second kappa shape index (κ2) is 12.5. The zero-order chi connectivity index (χ0) is 27.2. The van der Waals surface area contributed by atoms with E-state index in [1.54, 1.807) is 30.4 Å². The van der Waals surface area contributed by atoms with Gasteiger partial charge in [0.2, 0.25) is 0 Å². The monoisotopic (exact) mass is 552 g/mol. The number of hydrogen-bond acceptors (Lipinski definition) is 8. The van der Waals surface area contributed by atoms with E-state index in [9.17, 15) is 9.59 Å². The molecule has 0 radical (unpaired) electrons. The maximum atomic E-state index is 13.8. The van der Waals surface area contributed by atoms with E-state index in [2.05, 4.69) is 11.9 Å². The molecular weight excluding hydrogens is 520 g/mol. The molecule has 0 amide bonds. The normalized spacial score (nSPS) is 15.2. The number of thioether (sulfide) groups is 1. The number of esters is 1. The minimum atomic E-state index is -0.634. The number of benzene rings is 2. The second-order valence-corrected chi connectivity index (χ2v) is 10.7. The van der Waals surface area contributed by atoms with Crippen molar-refractivity contribution in [3.05, 3.63) is 84.5 Å². The molecule has 0 fully saturated rings. The first-order valence-corrected chi connectivity index (χ1v) is 14.5. The smallest absolute Gasteiger partial charge is 0.338 e. The van der Waals surface area contributed by atoms with Crippen molar-refractivity contribution in [2.24, 2.45) is 4.99 Å². The summed E-state index contributed by atoms with van der Waals surface area (Å²) < 4.78 is 18.6. The van der Waals surface area contributed by atoms with Gasteiger partial charge in [-0.1, -0.05) is 49.3 Å². The summed E-state index contributed by atoms with van der Waals surface area (Å²) in [6.45, 7) is 4.55. The van der Waals surface area contributed by atoms with E-state index in [4.69, 9.17) is 14.2 Å². The summed E-state index contributed by atoms with van der Waals surface area (Å²) in [6.07, 6.45) is 7.04. The summed E-state index contributed by atoms with van der Waals surface area (Å²) in [5.41, 5.74) is 2.29. The number of aromatic nitrogens is 1. The largest absolute Gasteiger partial charge is 0.493 e. The number of carbonyl (C=O) groups excluding carboxylic acids is 1. The Balaban J connectivity index is 1.79. The molecule has 0 bridgehead atoms. The maximum absolute atomic E-state index is 13.8. The molecule has 1 unspecified atom stereocenters. The zero-order valence-electron chi connectivity index (χ0n) is 22.3. The molecule has 1 atom stereocenters. The first kappa shape index (κ1) is 27.7. The number of nitrogens with zero attached hydrogens (tertiary/aromatic N) is 2. The van der Waals surface area contributed by atoms with Gasteiger partial charge in [0, 0.05) is 4.90 Å². The second-order valence-electron chi connectivity index (χ2n) is 8.81. The summed E-state index contributed by atoms with van der Waals surface area (Å²) in [5.74, 6) is 0.784. The molecule has 0 saturated carbocycles. The zero-order valence-corrected chi connectivity index (χ0v) is 23.9. The number of hydrogen-bond donors (Lipinski definition) is 0. The summed E-state index contributed by atoms with van der Waals surface area (Å²) >= 11 is 2.92. The van der Waals surface area contributed by atoms with Crippen LogP contribution in [0.25, 0.3) is 6.08 Å². The van der Waals surface area contributed by atoms with Gasteiger partial charge < -0.3 is 14.2 Å². The Morgan fingerprint density at radius 3 is 2.55 bits per heavy atom. The lowest BCUT2D eigenvalue weighted by molar-refractivity contribution is -0.136. The van der Waals surface area contributed by atoms with Gasteiger partial charge in [-0.25, -0.2) is 9.79 Å². The fraction of sp³-hybridized carbons (Fsp3) is 0.345. The Morgan fingerprint density at radius 2 is 1.89 bits per heavy atom. The highest BCUT2D eigenvalue weighted by Crippen LogP contribution is 2.32. The molecule has 2 heterocycles. The molecule has 7 nitrogen and oxygen atoms in total. The fourth-order valence-electron chi connectivity index (χ4n) is 4.37. The molecule has 0 N–H and O–H groups in total. The van der Waals surface area contributed by atoms with E-state index in [-0.39, 0.29) is 5.56 Å². The summed E-state index contributed by atoms with van der Waals surface area (Å²) in [4.78, 5) is 32.8. The average molecular weight is 553 g/mol. The molecule has 2 aromatic carbocycles. The highest BCUT2D eigenvalue weighted by molar-refractivity contribution is 7.98. The molecule has 200 valence electrons. The first-order valence-electron chi connectivity index (χ1n) is 12.5. The quantitative estimate of drug-likeness (QED) is 0.206. The minimum Gasteiger partial charge on any atom is -0.493 e. The standard InChI is InChI=1S/C29H32N2O5S2/c1-6-7-8-15-36-22-14-9-19(16-23(22)34-3)17-24-27(32)31-26(20-10-12-21(37-5)13-11-20)25(28(33)35-4)18(2)30-29(31)38-24/h9-14,16-17,26H,6-8,15H2,1-5H3. The van der Waals surface area contributed by atoms with Crippen LogP contribution >= 0.6 is 23.1 Å². The van der Waals surface area contributed by atoms with Gasteiger partial charge in [0.1, 0.15) is 0 Å². The van der Waals surface area contributed by atoms with Crippen molar-refractivity contribution in [2.45, 2.75) is 44.0 Å². The predicted octanol–water partition coefficient (Wildman–Crippen LogP) is 4.71. The van der Waals surface area contributed by atoms with Crippen LogP contribution in [0.5, 0.6) is 11.5 Å². The van der Waals surface area contributed by atoms with Gasteiger partial charge in [0.05, 0.1) is 42.7 Å². The third-order valence-corrected chi connectivity index (χ3v) is 8.08. The van der Waals surface area contributed by atoms with Crippen LogP contribution in [0.4, 0.5) is 0 Å². The van der Waals surface area contributed by atoms with Crippen molar-refractivity contribution in [3.63, 3.8) is 0 Å². The Labute approximate surface area is 230 Å². The Morgan fingerprint density at radius 1 is 1.13 bits per heavy atom. The minimum absolute atomic E-state index is 0.222. The van der Waals surface area contributed by atoms with Gasteiger partial charge in [0.25, 0.3) is 5.56 Å². The fourth-order valence-corrected chi connectivity index (χ4v) is 5.83. The topological polar surface area (TPSA) is 79.1 Å². The average Bonchev–Trinajstić information content (AvgIpc) is 3.24. The number of allylic oxidation sites excluding steroid dienone is 1. The maximum Gasteiger partial charge on any atom is 0.338 e. The number of rotatable bonds is 10. The molecule has 38 heavy (non-hydrogen) atoms.